The molecule has 2 aromatic carbocycles. The molecule has 1 aliphatic rings. The van der Waals surface area contributed by atoms with Gasteiger partial charge in [-0.05, 0) is 42.5 Å². The van der Waals surface area contributed by atoms with E-state index in [1.807, 2.05) is 28.8 Å². The Labute approximate surface area is 179 Å². The van der Waals surface area contributed by atoms with Gasteiger partial charge >= 0.3 is 0 Å². The fourth-order valence-corrected chi connectivity index (χ4v) is 4.25. The second-order valence-corrected chi connectivity index (χ2v) is 7.87. The van der Waals surface area contributed by atoms with Gasteiger partial charge in [0.1, 0.15) is 5.52 Å². The van der Waals surface area contributed by atoms with Crippen molar-refractivity contribution in [3.8, 4) is 0 Å². The molecule has 158 valence electrons. The Kier molecular flexibility index (Phi) is 5.18. The van der Waals surface area contributed by atoms with E-state index >= 15 is 0 Å². The van der Waals surface area contributed by atoms with Crippen LogP contribution in [0.5, 0.6) is 0 Å². The van der Waals surface area contributed by atoms with E-state index in [2.05, 4.69) is 44.4 Å². The van der Waals surface area contributed by atoms with E-state index in [1.165, 1.54) is 5.69 Å². The lowest BCUT2D eigenvalue weighted by molar-refractivity contribution is 0.0948. The van der Waals surface area contributed by atoms with E-state index < -0.39 is 0 Å². The second kappa shape index (κ2) is 8.28. The van der Waals surface area contributed by atoms with E-state index in [-0.39, 0.29) is 11.5 Å². The Morgan fingerprint density at radius 3 is 2.55 bits per heavy atom. The third kappa shape index (κ3) is 3.92. The highest BCUT2D eigenvalue weighted by molar-refractivity contribution is 5.97. The summed E-state index contributed by atoms with van der Waals surface area (Å²) in [5.74, 6) is -0.127. The van der Waals surface area contributed by atoms with Gasteiger partial charge in [-0.25, -0.2) is 0 Å². The largest absolute Gasteiger partial charge is 0.369 e. The van der Waals surface area contributed by atoms with Crippen LogP contribution in [0.15, 0.2) is 71.7 Å². The normalized spacial score (nSPS) is 14.9. The predicted octanol–water partition coefficient (Wildman–Crippen LogP) is 2.33. The Hall–Kier alpha value is -3.58. The van der Waals surface area contributed by atoms with Crippen LogP contribution in [0.2, 0.25) is 0 Å². The van der Waals surface area contributed by atoms with Crippen LogP contribution in [-0.2, 0) is 0 Å². The number of hydrogen-bond donors (Lipinski definition) is 2. The van der Waals surface area contributed by atoms with Gasteiger partial charge in [-0.15, -0.1) is 0 Å². The van der Waals surface area contributed by atoms with Crippen LogP contribution in [-0.4, -0.2) is 59.5 Å². The predicted molar refractivity (Wildman–Crippen MR) is 123 cm³/mol. The molecule has 3 heterocycles. The van der Waals surface area contributed by atoms with Gasteiger partial charge in [0.2, 0.25) is 0 Å². The van der Waals surface area contributed by atoms with E-state index in [0.717, 1.165) is 38.2 Å². The van der Waals surface area contributed by atoms with Crippen LogP contribution >= 0.6 is 0 Å². The van der Waals surface area contributed by atoms with Crippen molar-refractivity contribution in [2.45, 2.75) is 0 Å². The number of para-hydroxylation sites is 1. The van der Waals surface area contributed by atoms with Crippen LogP contribution in [0.1, 0.15) is 10.4 Å². The molecule has 0 bridgehead atoms. The third-order valence-electron chi connectivity index (χ3n) is 5.96. The summed E-state index contributed by atoms with van der Waals surface area (Å²) in [5.41, 5.74) is 3.76. The lowest BCUT2D eigenvalue weighted by Crippen LogP contribution is -2.48. The van der Waals surface area contributed by atoms with Crippen molar-refractivity contribution in [2.75, 3.05) is 44.2 Å². The Bertz CT molecular complexity index is 1270. The monoisotopic (exact) mass is 415 g/mol. The number of amides is 1. The molecule has 0 saturated carbocycles. The molecule has 1 amide bonds. The average Bonchev–Trinajstić information content (AvgIpc) is 3.31. The maximum Gasteiger partial charge on any atom is 0.272 e. The van der Waals surface area contributed by atoms with Gasteiger partial charge in [-0.3, -0.25) is 14.5 Å². The lowest BCUT2D eigenvalue weighted by Gasteiger charge is -2.36. The number of piperazine rings is 1. The zero-order chi connectivity index (χ0) is 21.2. The average molecular weight is 415 g/mol. The minimum Gasteiger partial charge on any atom is -0.369 e. The zero-order valence-corrected chi connectivity index (χ0v) is 17.3. The summed E-state index contributed by atoms with van der Waals surface area (Å²) in [6, 6.07) is 19.5. The number of benzene rings is 2. The molecular formula is C24H25N5O2. The van der Waals surface area contributed by atoms with Gasteiger partial charge in [0.05, 0.1) is 11.0 Å². The van der Waals surface area contributed by atoms with Crippen molar-refractivity contribution in [1.82, 2.24) is 19.6 Å². The third-order valence-corrected chi connectivity index (χ3v) is 5.96. The molecule has 2 N–H and O–H groups in total. The van der Waals surface area contributed by atoms with E-state index in [0.29, 0.717) is 23.1 Å². The van der Waals surface area contributed by atoms with Gasteiger partial charge < -0.3 is 19.6 Å². The van der Waals surface area contributed by atoms with Crippen molar-refractivity contribution in [3.05, 3.63) is 82.8 Å². The Morgan fingerprint density at radius 1 is 0.935 bits per heavy atom. The van der Waals surface area contributed by atoms with Crippen LogP contribution in [0, 0.1) is 0 Å². The fraction of sp³-hybridized carbons (Fsp3) is 0.250. The molecule has 1 saturated heterocycles. The Morgan fingerprint density at radius 2 is 1.74 bits per heavy atom. The number of fused-ring (bicyclic) bond motifs is 3. The summed E-state index contributed by atoms with van der Waals surface area (Å²) in [6.45, 7) is 5.36. The van der Waals surface area contributed by atoms with E-state index in [4.69, 9.17) is 0 Å². The molecule has 0 spiro atoms. The molecule has 7 nitrogen and oxygen atoms in total. The number of H-pyrrole nitrogens is 1. The van der Waals surface area contributed by atoms with Gasteiger partial charge in [0.25, 0.3) is 11.5 Å². The van der Waals surface area contributed by atoms with Crippen molar-refractivity contribution in [1.29, 1.82) is 0 Å². The molecule has 1 aliphatic heterocycles. The van der Waals surface area contributed by atoms with Gasteiger partial charge in [-0.1, -0.05) is 18.2 Å². The highest BCUT2D eigenvalue weighted by Gasteiger charge is 2.17. The summed E-state index contributed by atoms with van der Waals surface area (Å²) < 4.78 is 1.84. The minimum absolute atomic E-state index is 0.127. The van der Waals surface area contributed by atoms with Crippen LogP contribution in [0.25, 0.3) is 16.6 Å². The highest BCUT2D eigenvalue weighted by atomic mass is 16.1. The molecule has 0 aliphatic carbocycles. The fourth-order valence-electron chi connectivity index (χ4n) is 4.25. The molecule has 31 heavy (non-hydrogen) atoms. The molecule has 7 heteroatoms. The van der Waals surface area contributed by atoms with Gasteiger partial charge in [0.15, 0.2) is 0 Å². The number of carbonyl (C=O) groups excluding carboxylic acids is 1. The quantitative estimate of drug-likeness (QED) is 0.525. The minimum atomic E-state index is -0.162. The molecule has 0 unspecified atom stereocenters. The van der Waals surface area contributed by atoms with Crippen molar-refractivity contribution < 1.29 is 4.79 Å². The summed E-state index contributed by atoms with van der Waals surface area (Å²) in [5, 5.41) is 3.01. The van der Waals surface area contributed by atoms with Crippen molar-refractivity contribution in [2.24, 2.45) is 0 Å². The highest BCUT2D eigenvalue weighted by Crippen LogP contribution is 2.16. The first-order chi connectivity index (χ1) is 15.2. The number of aromatic nitrogens is 2. The van der Waals surface area contributed by atoms with Crippen LogP contribution in [0.3, 0.4) is 0 Å². The number of rotatable bonds is 5. The summed E-state index contributed by atoms with van der Waals surface area (Å²) in [7, 11) is 0. The van der Waals surface area contributed by atoms with Crippen molar-refractivity contribution in [3.63, 3.8) is 0 Å². The first-order valence-corrected chi connectivity index (χ1v) is 10.6. The number of aromatic amines is 1. The standard InChI is InChI=1S/C24H25N5O2/c30-23(18-8-9-21-20(17-18)26-24(31)22-7-4-11-29(21)22)25-10-12-27-13-15-28(16-14-27)19-5-2-1-3-6-19/h1-9,11,17H,10,12-16H2,(H,25,30)(H,26,31). The number of nitrogens with zero attached hydrogens (tertiary/aromatic N) is 3. The maximum atomic E-state index is 12.6. The first-order valence-electron chi connectivity index (χ1n) is 10.6. The number of carbonyl (C=O) groups is 1. The molecular weight excluding hydrogens is 390 g/mol. The SMILES string of the molecule is O=C(NCCN1CCN(c2ccccc2)CC1)c1ccc2c(c1)[nH]c(=O)c1cccn12. The maximum absolute atomic E-state index is 12.6. The summed E-state index contributed by atoms with van der Waals surface area (Å²) in [4.78, 5) is 32.5. The van der Waals surface area contributed by atoms with Crippen molar-refractivity contribution >= 4 is 28.1 Å². The first kappa shape index (κ1) is 19.4. The Balaban J connectivity index is 1.17. The molecule has 2 aromatic heterocycles. The zero-order valence-electron chi connectivity index (χ0n) is 17.3. The molecule has 0 atom stereocenters. The molecule has 5 rings (SSSR count). The van der Waals surface area contributed by atoms with Gasteiger partial charge in [-0.2, -0.15) is 0 Å². The van der Waals surface area contributed by atoms with Crippen LogP contribution in [0.4, 0.5) is 5.69 Å². The topological polar surface area (TPSA) is 72.8 Å². The van der Waals surface area contributed by atoms with Gasteiger partial charge in [0, 0.05) is 56.7 Å². The number of hydrogen-bond acceptors (Lipinski definition) is 4. The van der Waals surface area contributed by atoms with E-state index in [9.17, 15) is 9.59 Å². The summed E-state index contributed by atoms with van der Waals surface area (Å²) >= 11 is 0. The van der Waals surface area contributed by atoms with E-state index in [1.54, 1.807) is 18.2 Å². The molecule has 4 aromatic rings. The second-order valence-electron chi connectivity index (χ2n) is 7.87. The molecule has 0 radical (unpaired) electrons. The lowest BCUT2D eigenvalue weighted by atomic mass is 10.1. The smallest absolute Gasteiger partial charge is 0.272 e. The van der Waals surface area contributed by atoms with Crippen LogP contribution < -0.4 is 15.8 Å². The number of anilines is 1. The summed E-state index contributed by atoms with van der Waals surface area (Å²) in [6.07, 6.45) is 1.85. The number of nitrogens with one attached hydrogen (secondary N) is 2. The molecule has 1 fully saturated rings.